The fraction of sp³-hybridized carbons (Fsp3) is 0.571. The van der Waals surface area contributed by atoms with Gasteiger partial charge in [0.05, 0.1) is 0 Å². The van der Waals surface area contributed by atoms with Crippen molar-refractivity contribution in [2.24, 2.45) is 11.8 Å². The average molecular weight is 236 g/mol. The van der Waals surface area contributed by atoms with Gasteiger partial charge in [0, 0.05) is 24.2 Å². The third kappa shape index (κ3) is 1.71. The molecule has 0 bridgehead atoms. The van der Waals surface area contributed by atoms with Crippen molar-refractivity contribution in [3.63, 3.8) is 0 Å². The second kappa shape index (κ2) is 3.96. The van der Waals surface area contributed by atoms with Gasteiger partial charge in [-0.15, -0.1) is 0 Å². The first kappa shape index (κ1) is 10.5. The first-order chi connectivity index (χ1) is 7.74. The Morgan fingerprint density at radius 1 is 1.44 bits per heavy atom. The molecule has 1 nitrogen and oxygen atoms in total. The van der Waals surface area contributed by atoms with E-state index in [4.69, 9.17) is 11.8 Å². The van der Waals surface area contributed by atoms with Crippen molar-refractivity contribution in [3.05, 3.63) is 35.2 Å². The summed E-state index contributed by atoms with van der Waals surface area (Å²) in [4.78, 5) is 0. The van der Waals surface area contributed by atoms with Crippen molar-refractivity contribution < 1.29 is 0 Å². The molecule has 1 aliphatic heterocycles. The van der Waals surface area contributed by atoms with Gasteiger partial charge in [-0.1, -0.05) is 6.92 Å². The predicted octanol–water partition coefficient (Wildman–Crippen LogP) is 4.38. The summed E-state index contributed by atoms with van der Waals surface area (Å²) in [6.07, 6.45) is 12.8. The molecule has 2 atom stereocenters. The van der Waals surface area contributed by atoms with Crippen LogP contribution < -0.4 is 0 Å². The van der Waals surface area contributed by atoms with E-state index in [9.17, 15) is 0 Å². The Hall–Kier alpha value is -0.690. The van der Waals surface area contributed by atoms with Gasteiger partial charge in [0.1, 0.15) is 0 Å². The van der Waals surface area contributed by atoms with Gasteiger partial charge in [-0.3, -0.25) is 4.42 Å². The molecule has 86 valence electrons. The lowest BCUT2D eigenvalue weighted by molar-refractivity contribution is 0.357. The minimum absolute atomic E-state index is 0.798. The van der Waals surface area contributed by atoms with Crippen LogP contribution >= 0.6 is 11.8 Å². The average Bonchev–Trinajstić information content (AvgIpc) is 2.39. The number of nitrogens with zero attached hydrogens (tertiary/aromatic N) is 1. The standard InChI is InChI=1S/C14H18ClN/c1-10-7-12-4-2-3-11-5-6-16(15)9-13(8-10)14(11)12/h5-6,9-10,12H,2-4,7-8H2,1H3. The van der Waals surface area contributed by atoms with E-state index in [0.717, 1.165) is 11.8 Å². The van der Waals surface area contributed by atoms with E-state index in [1.165, 1.54) is 43.3 Å². The smallest absolute Gasteiger partial charge is 0.0247 e. The fourth-order valence-electron chi connectivity index (χ4n) is 3.49. The maximum Gasteiger partial charge on any atom is 0.0247 e. The molecular weight excluding hydrogens is 218 g/mol. The van der Waals surface area contributed by atoms with Crippen molar-refractivity contribution in [1.29, 1.82) is 0 Å². The SMILES string of the molecule is CC1CC2=CN(Cl)C=CC3=C2C(CCC3)C1. The molecule has 0 saturated heterocycles. The van der Waals surface area contributed by atoms with Gasteiger partial charge in [-0.2, -0.15) is 0 Å². The zero-order chi connectivity index (χ0) is 11.1. The molecule has 2 heteroatoms. The van der Waals surface area contributed by atoms with E-state index in [1.54, 1.807) is 9.99 Å². The summed E-state index contributed by atoms with van der Waals surface area (Å²) in [6, 6.07) is 0. The highest BCUT2D eigenvalue weighted by atomic mass is 35.5. The molecule has 0 radical (unpaired) electrons. The van der Waals surface area contributed by atoms with E-state index < -0.39 is 0 Å². The predicted molar refractivity (Wildman–Crippen MR) is 67.7 cm³/mol. The molecule has 0 amide bonds. The molecule has 2 unspecified atom stereocenters. The number of hydrogen-bond donors (Lipinski definition) is 0. The first-order valence-corrected chi connectivity index (χ1v) is 6.64. The van der Waals surface area contributed by atoms with Crippen LogP contribution in [-0.4, -0.2) is 4.42 Å². The summed E-state index contributed by atoms with van der Waals surface area (Å²) >= 11 is 6.12. The van der Waals surface area contributed by atoms with Crippen molar-refractivity contribution in [2.45, 2.75) is 39.0 Å². The van der Waals surface area contributed by atoms with Crippen LogP contribution in [0.2, 0.25) is 0 Å². The van der Waals surface area contributed by atoms with E-state index in [0.29, 0.717) is 0 Å². The minimum Gasteiger partial charge on any atom is -0.268 e. The molecule has 2 aliphatic carbocycles. The van der Waals surface area contributed by atoms with E-state index in [2.05, 4.69) is 19.2 Å². The molecular formula is C14H18ClN. The molecule has 0 aromatic heterocycles. The van der Waals surface area contributed by atoms with E-state index in [-0.39, 0.29) is 0 Å². The molecule has 0 spiro atoms. The summed E-state index contributed by atoms with van der Waals surface area (Å²) in [5.41, 5.74) is 4.65. The Labute approximate surface area is 103 Å². The molecule has 1 saturated carbocycles. The normalized spacial score (nSPS) is 33.4. The van der Waals surface area contributed by atoms with Crippen molar-refractivity contribution in [1.82, 2.24) is 4.42 Å². The summed E-state index contributed by atoms with van der Waals surface area (Å²) in [5, 5.41) is 0. The van der Waals surface area contributed by atoms with Gasteiger partial charge >= 0.3 is 0 Å². The monoisotopic (exact) mass is 235 g/mol. The van der Waals surface area contributed by atoms with E-state index >= 15 is 0 Å². The van der Waals surface area contributed by atoms with Crippen LogP contribution in [0, 0.1) is 11.8 Å². The Balaban J connectivity index is 2.08. The third-order valence-electron chi connectivity index (χ3n) is 4.05. The fourth-order valence-corrected chi connectivity index (χ4v) is 3.66. The highest BCUT2D eigenvalue weighted by Gasteiger charge is 2.32. The maximum atomic E-state index is 6.12. The van der Waals surface area contributed by atoms with Crippen LogP contribution in [0.1, 0.15) is 39.0 Å². The van der Waals surface area contributed by atoms with Gasteiger partial charge in [0.25, 0.3) is 0 Å². The molecule has 3 aliphatic rings. The number of allylic oxidation sites excluding steroid dienone is 4. The van der Waals surface area contributed by atoms with Crippen LogP contribution in [0.15, 0.2) is 35.2 Å². The van der Waals surface area contributed by atoms with Gasteiger partial charge in [0.2, 0.25) is 0 Å². The van der Waals surface area contributed by atoms with Crippen molar-refractivity contribution in [3.8, 4) is 0 Å². The number of rotatable bonds is 0. The zero-order valence-corrected chi connectivity index (χ0v) is 10.5. The third-order valence-corrected chi connectivity index (χ3v) is 4.26. The lowest BCUT2D eigenvalue weighted by Crippen LogP contribution is -2.22. The van der Waals surface area contributed by atoms with Gasteiger partial charge < -0.3 is 0 Å². The van der Waals surface area contributed by atoms with Crippen LogP contribution in [0.3, 0.4) is 0 Å². The Morgan fingerprint density at radius 3 is 3.19 bits per heavy atom. The van der Waals surface area contributed by atoms with Crippen LogP contribution in [0.4, 0.5) is 0 Å². The highest BCUT2D eigenvalue weighted by molar-refractivity contribution is 6.14. The molecule has 3 rings (SSSR count). The van der Waals surface area contributed by atoms with Gasteiger partial charge in [0.15, 0.2) is 0 Å². The number of hydrogen-bond acceptors (Lipinski definition) is 1. The Morgan fingerprint density at radius 2 is 2.31 bits per heavy atom. The van der Waals surface area contributed by atoms with Gasteiger partial charge in [-0.05, 0) is 66.7 Å². The first-order valence-electron chi connectivity index (χ1n) is 6.30. The quantitative estimate of drug-likeness (QED) is 0.564. The zero-order valence-electron chi connectivity index (χ0n) is 9.75. The molecule has 0 N–H and O–H groups in total. The lowest BCUT2D eigenvalue weighted by Gasteiger charge is -2.36. The summed E-state index contributed by atoms with van der Waals surface area (Å²) in [7, 11) is 0. The minimum atomic E-state index is 0.798. The maximum absolute atomic E-state index is 6.12. The molecule has 0 aromatic carbocycles. The molecule has 0 aromatic rings. The molecule has 1 heterocycles. The molecule has 16 heavy (non-hydrogen) atoms. The summed E-state index contributed by atoms with van der Waals surface area (Å²) in [6.45, 7) is 2.36. The van der Waals surface area contributed by atoms with E-state index in [1.807, 2.05) is 6.20 Å². The second-order valence-corrected chi connectivity index (χ2v) is 5.78. The number of halogens is 1. The van der Waals surface area contributed by atoms with Crippen LogP contribution in [0.25, 0.3) is 0 Å². The highest BCUT2D eigenvalue weighted by Crippen LogP contribution is 2.46. The van der Waals surface area contributed by atoms with Gasteiger partial charge in [-0.25, -0.2) is 0 Å². The molecule has 1 fully saturated rings. The topological polar surface area (TPSA) is 3.24 Å². The van der Waals surface area contributed by atoms with Crippen LogP contribution in [0.5, 0.6) is 0 Å². The van der Waals surface area contributed by atoms with Crippen LogP contribution in [-0.2, 0) is 0 Å². The summed E-state index contributed by atoms with van der Waals surface area (Å²) < 4.78 is 1.70. The lowest BCUT2D eigenvalue weighted by atomic mass is 9.69. The summed E-state index contributed by atoms with van der Waals surface area (Å²) in [5.74, 6) is 1.61. The Kier molecular flexibility index (Phi) is 2.59. The van der Waals surface area contributed by atoms with Crippen molar-refractivity contribution >= 4 is 11.8 Å². The largest absolute Gasteiger partial charge is 0.268 e. The Bertz CT molecular complexity index is 392. The second-order valence-electron chi connectivity index (χ2n) is 5.39. The van der Waals surface area contributed by atoms with Crippen molar-refractivity contribution in [2.75, 3.05) is 0 Å².